The summed E-state index contributed by atoms with van der Waals surface area (Å²) in [5, 5.41) is 6.21. The van der Waals surface area contributed by atoms with E-state index in [0.29, 0.717) is 24.4 Å². The van der Waals surface area contributed by atoms with E-state index in [1.807, 2.05) is 30.3 Å². The van der Waals surface area contributed by atoms with E-state index in [1.165, 1.54) is 11.1 Å². The number of nitrogens with one attached hydrogen (secondary N) is 2. The summed E-state index contributed by atoms with van der Waals surface area (Å²) in [7, 11) is 1.59. The van der Waals surface area contributed by atoms with Gasteiger partial charge < -0.3 is 15.4 Å². The zero-order valence-corrected chi connectivity index (χ0v) is 13.3. The van der Waals surface area contributed by atoms with Gasteiger partial charge in [0.25, 0.3) is 0 Å². The molecule has 0 aliphatic carbocycles. The molecule has 2 aromatic rings. The molecule has 0 heterocycles. The highest BCUT2D eigenvalue weighted by Crippen LogP contribution is 2.23. The number of rotatable bonds is 6. The summed E-state index contributed by atoms with van der Waals surface area (Å²) in [5.41, 5.74) is 4.17. The number of carbonyl (C=O) groups is 1. The first-order valence-electron chi connectivity index (χ1n) is 7.34. The number of ether oxygens (including phenoxy) is 1. The molecule has 4 nitrogen and oxygen atoms in total. The number of hydrogen-bond acceptors (Lipinski definition) is 3. The standard InChI is InChI=1S/C18H22N2O2/c1-13-7-6-8-14(2)18(13)19-12-11-17(21)20-15-9-4-5-10-16(15)22-3/h4-10,19H,11-12H2,1-3H3,(H,20,21). The lowest BCUT2D eigenvalue weighted by molar-refractivity contribution is -0.116. The Morgan fingerprint density at radius 3 is 2.41 bits per heavy atom. The smallest absolute Gasteiger partial charge is 0.226 e. The average molecular weight is 298 g/mol. The van der Waals surface area contributed by atoms with Crippen molar-refractivity contribution in [3.63, 3.8) is 0 Å². The van der Waals surface area contributed by atoms with Crippen molar-refractivity contribution in [1.29, 1.82) is 0 Å². The van der Waals surface area contributed by atoms with Crippen LogP contribution in [0.5, 0.6) is 5.75 Å². The summed E-state index contributed by atoms with van der Waals surface area (Å²) in [6.45, 7) is 4.71. The first-order chi connectivity index (χ1) is 10.6. The monoisotopic (exact) mass is 298 g/mol. The normalized spacial score (nSPS) is 10.1. The zero-order chi connectivity index (χ0) is 15.9. The van der Waals surface area contributed by atoms with E-state index in [2.05, 4.69) is 36.6 Å². The average Bonchev–Trinajstić information content (AvgIpc) is 2.51. The van der Waals surface area contributed by atoms with Crippen molar-refractivity contribution in [3.8, 4) is 5.75 Å². The second-order valence-electron chi connectivity index (χ2n) is 5.19. The Hall–Kier alpha value is -2.49. The Morgan fingerprint density at radius 1 is 1.05 bits per heavy atom. The van der Waals surface area contributed by atoms with Gasteiger partial charge in [0.15, 0.2) is 0 Å². The Balaban J connectivity index is 1.88. The number of methoxy groups -OCH3 is 1. The van der Waals surface area contributed by atoms with Gasteiger partial charge in [0.1, 0.15) is 5.75 Å². The largest absolute Gasteiger partial charge is 0.495 e. The van der Waals surface area contributed by atoms with Crippen molar-refractivity contribution in [1.82, 2.24) is 0 Å². The van der Waals surface area contributed by atoms with Crippen LogP contribution in [0.25, 0.3) is 0 Å². The van der Waals surface area contributed by atoms with Crippen molar-refractivity contribution in [2.45, 2.75) is 20.3 Å². The molecule has 2 aromatic carbocycles. The number of aryl methyl sites for hydroxylation is 2. The van der Waals surface area contributed by atoms with Crippen LogP contribution >= 0.6 is 0 Å². The maximum atomic E-state index is 12.0. The van der Waals surface area contributed by atoms with Gasteiger partial charge in [-0.15, -0.1) is 0 Å². The molecule has 0 aromatic heterocycles. The molecule has 0 saturated carbocycles. The summed E-state index contributed by atoms with van der Waals surface area (Å²) in [4.78, 5) is 12.0. The SMILES string of the molecule is COc1ccccc1NC(=O)CCNc1c(C)cccc1C. The molecule has 2 N–H and O–H groups in total. The van der Waals surface area contributed by atoms with Crippen LogP contribution in [-0.4, -0.2) is 19.6 Å². The number of amides is 1. The molecule has 1 amide bonds. The number of benzene rings is 2. The van der Waals surface area contributed by atoms with Gasteiger partial charge in [-0.05, 0) is 37.1 Å². The van der Waals surface area contributed by atoms with Gasteiger partial charge in [-0.3, -0.25) is 4.79 Å². The van der Waals surface area contributed by atoms with E-state index < -0.39 is 0 Å². The molecule has 4 heteroatoms. The predicted molar refractivity (Wildman–Crippen MR) is 90.6 cm³/mol. The molecule has 0 saturated heterocycles. The van der Waals surface area contributed by atoms with Gasteiger partial charge >= 0.3 is 0 Å². The van der Waals surface area contributed by atoms with Crippen LogP contribution in [0.2, 0.25) is 0 Å². The van der Waals surface area contributed by atoms with Crippen LogP contribution in [0, 0.1) is 13.8 Å². The summed E-state index contributed by atoms with van der Waals surface area (Å²) in [6, 6.07) is 13.5. The lowest BCUT2D eigenvalue weighted by Gasteiger charge is -2.13. The first kappa shape index (κ1) is 15.9. The lowest BCUT2D eigenvalue weighted by Crippen LogP contribution is -2.17. The Labute approximate surface area is 131 Å². The highest BCUT2D eigenvalue weighted by atomic mass is 16.5. The van der Waals surface area contributed by atoms with Gasteiger partial charge in [0, 0.05) is 18.7 Å². The molecular weight excluding hydrogens is 276 g/mol. The third-order valence-electron chi connectivity index (χ3n) is 3.52. The molecule has 0 aliphatic rings. The topological polar surface area (TPSA) is 50.4 Å². The summed E-state index contributed by atoms with van der Waals surface area (Å²) < 4.78 is 5.22. The van der Waals surface area contributed by atoms with Crippen LogP contribution in [0.3, 0.4) is 0 Å². The van der Waals surface area contributed by atoms with E-state index in [9.17, 15) is 4.79 Å². The molecule has 22 heavy (non-hydrogen) atoms. The molecule has 2 rings (SSSR count). The highest BCUT2D eigenvalue weighted by molar-refractivity contribution is 5.92. The number of hydrogen-bond donors (Lipinski definition) is 2. The van der Waals surface area contributed by atoms with E-state index in [-0.39, 0.29) is 5.91 Å². The van der Waals surface area contributed by atoms with Gasteiger partial charge in [-0.2, -0.15) is 0 Å². The minimum Gasteiger partial charge on any atom is -0.495 e. The minimum absolute atomic E-state index is 0.0387. The third kappa shape index (κ3) is 4.01. The number of para-hydroxylation sites is 3. The zero-order valence-electron chi connectivity index (χ0n) is 13.3. The van der Waals surface area contributed by atoms with Crippen molar-refractivity contribution >= 4 is 17.3 Å². The maximum absolute atomic E-state index is 12.0. The minimum atomic E-state index is -0.0387. The van der Waals surface area contributed by atoms with E-state index in [1.54, 1.807) is 7.11 Å². The van der Waals surface area contributed by atoms with Crippen molar-refractivity contribution in [2.75, 3.05) is 24.3 Å². The summed E-state index contributed by atoms with van der Waals surface area (Å²) in [5.74, 6) is 0.627. The van der Waals surface area contributed by atoms with Gasteiger partial charge in [-0.25, -0.2) is 0 Å². The lowest BCUT2D eigenvalue weighted by atomic mass is 10.1. The molecule has 0 spiro atoms. The van der Waals surface area contributed by atoms with Crippen LogP contribution < -0.4 is 15.4 Å². The molecule has 0 atom stereocenters. The Kier molecular flexibility index (Phi) is 5.42. The summed E-state index contributed by atoms with van der Waals surface area (Å²) in [6.07, 6.45) is 0.395. The van der Waals surface area contributed by atoms with Crippen molar-refractivity contribution in [2.24, 2.45) is 0 Å². The second kappa shape index (κ2) is 7.50. The molecule has 0 aliphatic heterocycles. The van der Waals surface area contributed by atoms with Crippen molar-refractivity contribution in [3.05, 3.63) is 53.6 Å². The number of carbonyl (C=O) groups excluding carboxylic acids is 1. The molecular formula is C18H22N2O2. The molecule has 0 bridgehead atoms. The van der Waals surface area contributed by atoms with Crippen molar-refractivity contribution < 1.29 is 9.53 Å². The Bertz CT molecular complexity index is 633. The highest BCUT2D eigenvalue weighted by Gasteiger charge is 2.07. The van der Waals surface area contributed by atoms with E-state index >= 15 is 0 Å². The fourth-order valence-corrected chi connectivity index (χ4v) is 2.35. The van der Waals surface area contributed by atoms with Crippen LogP contribution in [-0.2, 0) is 4.79 Å². The fourth-order valence-electron chi connectivity index (χ4n) is 2.35. The maximum Gasteiger partial charge on any atom is 0.226 e. The molecule has 0 fully saturated rings. The Morgan fingerprint density at radius 2 is 1.73 bits per heavy atom. The van der Waals surface area contributed by atoms with Crippen LogP contribution in [0.4, 0.5) is 11.4 Å². The molecule has 116 valence electrons. The first-order valence-corrected chi connectivity index (χ1v) is 7.34. The third-order valence-corrected chi connectivity index (χ3v) is 3.52. The number of anilines is 2. The second-order valence-corrected chi connectivity index (χ2v) is 5.19. The van der Waals surface area contributed by atoms with Gasteiger partial charge in [-0.1, -0.05) is 30.3 Å². The summed E-state index contributed by atoms with van der Waals surface area (Å²) >= 11 is 0. The van der Waals surface area contributed by atoms with E-state index in [4.69, 9.17) is 4.74 Å². The van der Waals surface area contributed by atoms with Gasteiger partial charge in [0.05, 0.1) is 12.8 Å². The van der Waals surface area contributed by atoms with Gasteiger partial charge in [0.2, 0.25) is 5.91 Å². The molecule has 0 radical (unpaired) electrons. The van der Waals surface area contributed by atoms with Crippen LogP contribution in [0.1, 0.15) is 17.5 Å². The molecule has 0 unspecified atom stereocenters. The quantitative estimate of drug-likeness (QED) is 0.854. The van der Waals surface area contributed by atoms with Crippen LogP contribution in [0.15, 0.2) is 42.5 Å². The fraction of sp³-hybridized carbons (Fsp3) is 0.278. The van der Waals surface area contributed by atoms with E-state index in [0.717, 1.165) is 5.69 Å². The predicted octanol–water partition coefficient (Wildman–Crippen LogP) is 3.75.